The molecule has 1 amide bonds. The standard InChI is InChI=1S/C12H22N2O2/c1-9-11(3-6-13-9)12(15)14-7-4-10(16-2)5-8-14/h9-11,13H,3-8H2,1-2H3. The molecular weight excluding hydrogens is 204 g/mol. The van der Waals surface area contributed by atoms with Crippen LogP contribution in [0, 0.1) is 5.92 Å². The smallest absolute Gasteiger partial charge is 0.227 e. The second-order valence-corrected chi connectivity index (χ2v) is 4.90. The van der Waals surface area contributed by atoms with Crippen molar-refractivity contribution in [3.05, 3.63) is 0 Å². The normalized spacial score (nSPS) is 32.0. The number of hydrogen-bond acceptors (Lipinski definition) is 3. The summed E-state index contributed by atoms with van der Waals surface area (Å²) in [7, 11) is 1.76. The largest absolute Gasteiger partial charge is 0.381 e. The summed E-state index contributed by atoms with van der Waals surface area (Å²) in [5.41, 5.74) is 0. The van der Waals surface area contributed by atoms with E-state index in [1.165, 1.54) is 0 Å². The van der Waals surface area contributed by atoms with E-state index in [0.29, 0.717) is 18.1 Å². The molecule has 0 radical (unpaired) electrons. The molecule has 4 heteroatoms. The van der Waals surface area contributed by atoms with Gasteiger partial charge in [-0.2, -0.15) is 0 Å². The zero-order valence-electron chi connectivity index (χ0n) is 10.2. The predicted molar refractivity (Wildman–Crippen MR) is 62.2 cm³/mol. The topological polar surface area (TPSA) is 41.6 Å². The van der Waals surface area contributed by atoms with Crippen LogP contribution in [0.25, 0.3) is 0 Å². The number of methoxy groups -OCH3 is 1. The van der Waals surface area contributed by atoms with Gasteiger partial charge in [0.15, 0.2) is 0 Å². The predicted octanol–water partition coefficient (Wildman–Crippen LogP) is 0.622. The Hall–Kier alpha value is -0.610. The molecule has 0 aliphatic carbocycles. The monoisotopic (exact) mass is 226 g/mol. The minimum atomic E-state index is 0.194. The van der Waals surface area contributed by atoms with Gasteiger partial charge in [-0.1, -0.05) is 0 Å². The van der Waals surface area contributed by atoms with Crippen LogP contribution in [0.15, 0.2) is 0 Å². The first kappa shape index (κ1) is 11.9. The minimum Gasteiger partial charge on any atom is -0.381 e. The molecule has 2 fully saturated rings. The fraction of sp³-hybridized carbons (Fsp3) is 0.917. The van der Waals surface area contributed by atoms with Gasteiger partial charge in [0.2, 0.25) is 5.91 Å². The SMILES string of the molecule is COC1CCN(C(=O)C2CCNC2C)CC1. The first-order valence-electron chi connectivity index (χ1n) is 6.27. The third-order valence-electron chi connectivity index (χ3n) is 3.93. The summed E-state index contributed by atoms with van der Waals surface area (Å²) in [6.45, 7) is 4.81. The summed E-state index contributed by atoms with van der Waals surface area (Å²) in [6.07, 6.45) is 3.31. The molecule has 0 saturated carbocycles. The summed E-state index contributed by atoms with van der Waals surface area (Å²) in [4.78, 5) is 14.3. The number of nitrogens with one attached hydrogen (secondary N) is 1. The fourth-order valence-corrected chi connectivity index (χ4v) is 2.74. The third-order valence-corrected chi connectivity index (χ3v) is 3.93. The molecule has 4 nitrogen and oxygen atoms in total. The van der Waals surface area contributed by atoms with Gasteiger partial charge in [-0.25, -0.2) is 0 Å². The number of piperidine rings is 1. The lowest BCUT2D eigenvalue weighted by Crippen LogP contribution is -2.45. The van der Waals surface area contributed by atoms with Crippen LogP contribution >= 0.6 is 0 Å². The van der Waals surface area contributed by atoms with Crippen molar-refractivity contribution >= 4 is 5.91 Å². The number of carbonyl (C=O) groups is 1. The van der Waals surface area contributed by atoms with Gasteiger partial charge in [0.05, 0.1) is 12.0 Å². The molecule has 16 heavy (non-hydrogen) atoms. The third kappa shape index (κ3) is 2.38. The lowest BCUT2D eigenvalue weighted by atomic mass is 9.98. The summed E-state index contributed by atoms with van der Waals surface area (Å²) >= 11 is 0. The van der Waals surface area contributed by atoms with Crippen molar-refractivity contribution in [1.29, 1.82) is 0 Å². The summed E-state index contributed by atoms with van der Waals surface area (Å²) in [6, 6.07) is 0.340. The van der Waals surface area contributed by atoms with Gasteiger partial charge in [-0.3, -0.25) is 4.79 Å². The summed E-state index contributed by atoms with van der Waals surface area (Å²) in [5, 5.41) is 3.34. The molecule has 0 spiro atoms. The van der Waals surface area contributed by atoms with E-state index in [-0.39, 0.29) is 5.92 Å². The van der Waals surface area contributed by atoms with Crippen molar-refractivity contribution < 1.29 is 9.53 Å². The Morgan fingerprint density at radius 3 is 2.50 bits per heavy atom. The highest BCUT2D eigenvalue weighted by atomic mass is 16.5. The van der Waals surface area contributed by atoms with E-state index in [9.17, 15) is 4.79 Å². The van der Waals surface area contributed by atoms with Crippen molar-refractivity contribution in [2.24, 2.45) is 5.92 Å². The quantitative estimate of drug-likeness (QED) is 0.750. The van der Waals surface area contributed by atoms with Crippen LogP contribution in [0.5, 0.6) is 0 Å². The van der Waals surface area contributed by atoms with Gasteiger partial charge < -0.3 is 15.0 Å². The number of amides is 1. The highest BCUT2D eigenvalue weighted by molar-refractivity contribution is 5.80. The molecule has 2 saturated heterocycles. The van der Waals surface area contributed by atoms with Crippen molar-refractivity contribution in [3.8, 4) is 0 Å². The van der Waals surface area contributed by atoms with Gasteiger partial charge in [-0.05, 0) is 32.7 Å². The molecule has 2 rings (SSSR count). The van der Waals surface area contributed by atoms with Crippen LogP contribution in [-0.2, 0) is 9.53 Å². The van der Waals surface area contributed by atoms with Crippen LogP contribution < -0.4 is 5.32 Å². The lowest BCUT2D eigenvalue weighted by molar-refractivity contribution is -0.138. The Morgan fingerprint density at radius 2 is 2.00 bits per heavy atom. The zero-order valence-corrected chi connectivity index (χ0v) is 10.2. The minimum absolute atomic E-state index is 0.194. The summed E-state index contributed by atoms with van der Waals surface area (Å²) in [5.74, 6) is 0.533. The van der Waals surface area contributed by atoms with Crippen LogP contribution in [0.4, 0.5) is 0 Å². The van der Waals surface area contributed by atoms with Crippen molar-refractivity contribution in [3.63, 3.8) is 0 Å². The van der Waals surface area contributed by atoms with Crippen LogP contribution in [-0.4, -0.2) is 49.7 Å². The molecule has 0 bridgehead atoms. The van der Waals surface area contributed by atoms with Crippen LogP contribution in [0.3, 0.4) is 0 Å². The number of rotatable bonds is 2. The second kappa shape index (κ2) is 5.15. The number of nitrogens with zero attached hydrogens (tertiary/aromatic N) is 1. The maximum Gasteiger partial charge on any atom is 0.227 e. The number of hydrogen-bond donors (Lipinski definition) is 1. The molecule has 2 unspecified atom stereocenters. The van der Waals surface area contributed by atoms with E-state index >= 15 is 0 Å². The molecule has 2 heterocycles. The molecule has 1 N–H and O–H groups in total. The molecular formula is C12H22N2O2. The molecule has 2 atom stereocenters. The molecule has 0 aromatic heterocycles. The van der Waals surface area contributed by atoms with Crippen LogP contribution in [0.1, 0.15) is 26.2 Å². The van der Waals surface area contributed by atoms with Crippen LogP contribution in [0.2, 0.25) is 0 Å². The van der Waals surface area contributed by atoms with Gasteiger partial charge >= 0.3 is 0 Å². The van der Waals surface area contributed by atoms with Gasteiger partial charge in [0.1, 0.15) is 0 Å². The first-order chi connectivity index (χ1) is 7.72. The average molecular weight is 226 g/mol. The Labute approximate surface area is 97.3 Å². The molecule has 2 aliphatic rings. The number of likely N-dealkylation sites (tertiary alicyclic amines) is 1. The molecule has 2 aliphatic heterocycles. The molecule has 0 aromatic carbocycles. The number of carbonyl (C=O) groups excluding carboxylic acids is 1. The van der Waals surface area contributed by atoms with E-state index in [1.54, 1.807) is 7.11 Å². The Bertz CT molecular complexity index is 249. The van der Waals surface area contributed by atoms with Crippen molar-refractivity contribution in [1.82, 2.24) is 10.2 Å². The van der Waals surface area contributed by atoms with E-state index in [2.05, 4.69) is 12.2 Å². The fourth-order valence-electron chi connectivity index (χ4n) is 2.74. The molecule has 0 aromatic rings. The van der Waals surface area contributed by atoms with Crippen molar-refractivity contribution in [2.45, 2.75) is 38.3 Å². The van der Waals surface area contributed by atoms with Crippen molar-refractivity contribution in [2.75, 3.05) is 26.7 Å². The Morgan fingerprint density at radius 1 is 1.31 bits per heavy atom. The summed E-state index contributed by atoms with van der Waals surface area (Å²) < 4.78 is 5.32. The lowest BCUT2D eigenvalue weighted by Gasteiger charge is -2.33. The van der Waals surface area contributed by atoms with E-state index in [4.69, 9.17) is 4.74 Å². The Kier molecular flexibility index (Phi) is 3.82. The van der Waals surface area contributed by atoms with E-state index in [1.807, 2.05) is 4.90 Å². The highest BCUT2D eigenvalue weighted by Gasteiger charge is 2.34. The number of ether oxygens (including phenoxy) is 1. The first-order valence-corrected chi connectivity index (χ1v) is 6.27. The van der Waals surface area contributed by atoms with Gasteiger partial charge in [0.25, 0.3) is 0 Å². The average Bonchev–Trinajstić information content (AvgIpc) is 2.75. The zero-order chi connectivity index (χ0) is 11.5. The van der Waals surface area contributed by atoms with E-state index in [0.717, 1.165) is 38.9 Å². The maximum absolute atomic E-state index is 12.3. The van der Waals surface area contributed by atoms with Gasteiger partial charge in [-0.15, -0.1) is 0 Å². The molecule has 92 valence electrons. The highest BCUT2D eigenvalue weighted by Crippen LogP contribution is 2.21. The second-order valence-electron chi connectivity index (χ2n) is 4.90. The Balaban J connectivity index is 1.86. The van der Waals surface area contributed by atoms with Gasteiger partial charge in [0, 0.05) is 26.2 Å². The van der Waals surface area contributed by atoms with E-state index < -0.39 is 0 Å². The maximum atomic E-state index is 12.3.